The van der Waals surface area contributed by atoms with E-state index >= 15 is 0 Å². The van der Waals surface area contributed by atoms with E-state index in [0.717, 1.165) is 0 Å². The van der Waals surface area contributed by atoms with E-state index in [9.17, 15) is 18.8 Å². The lowest BCUT2D eigenvalue weighted by molar-refractivity contribution is -0.126. The zero-order valence-electron chi connectivity index (χ0n) is 18.0. The molecule has 1 aromatic heterocycles. The fourth-order valence-electron chi connectivity index (χ4n) is 3.35. The van der Waals surface area contributed by atoms with Crippen LogP contribution < -0.4 is 10.6 Å². The monoisotopic (exact) mass is 427 g/mol. The predicted octanol–water partition coefficient (Wildman–Crippen LogP) is 4.39. The summed E-state index contributed by atoms with van der Waals surface area (Å²) in [5.74, 6) is -1.59. The molecule has 2 amide bonds. The summed E-state index contributed by atoms with van der Waals surface area (Å²) in [7, 11) is 0. The van der Waals surface area contributed by atoms with Crippen LogP contribution in [0.5, 0.6) is 0 Å². The summed E-state index contributed by atoms with van der Waals surface area (Å²) >= 11 is 0. The van der Waals surface area contributed by atoms with E-state index < -0.39 is 29.5 Å². The molecule has 3 rings (SSSR count). The average Bonchev–Trinajstić information content (AvgIpc) is 2.66. The standard InChI is InChI=1S/C23H26FN3O4/c1-13-9-16(28)12-20(27-22(30)31-23(2,3)4)19-10-14(7-8-25-19)17-11-15(24)5-6-18(17)26-21(13)29/h5-8,10-11,13,20H,9,12H2,1-4H3,(H,26,29)(H,27,30)/t13-,20+/m1/s1. The van der Waals surface area contributed by atoms with Gasteiger partial charge in [0.05, 0.1) is 11.7 Å². The number of halogens is 1. The third-order valence-electron chi connectivity index (χ3n) is 4.79. The first-order valence-corrected chi connectivity index (χ1v) is 10.1. The number of hydrogen-bond acceptors (Lipinski definition) is 5. The van der Waals surface area contributed by atoms with Crippen LogP contribution in [0.3, 0.4) is 0 Å². The fourth-order valence-corrected chi connectivity index (χ4v) is 3.35. The Hall–Kier alpha value is -3.29. The van der Waals surface area contributed by atoms with Crippen molar-refractivity contribution in [1.29, 1.82) is 0 Å². The molecule has 2 bridgehead atoms. The highest BCUT2D eigenvalue weighted by atomic mass is 19.1. The van der Waals surface area contributed by atoms with Crippen molar-refractivity contribution in [2.45, 2.75) is 52.2 Å². The molecule has 7 nitrogen and oxygen atoms in total. The van der Waals surface area contributed by atoms with Crippen molar-refractivity contribution in [1.82, 2.24) is 10.3 Å². The number of pyridine rings is 1. The molecule has 0 saturated heterocycles. The van der Waals surface area contributed by atoms with Crippen LogP contribution in [-0.2, 0) is 14.3 Å². The minimum absolute atomic E-state index is 0.00541. The number of rotatable bonds is 1. The Balaban J connectivity index is 2.06. The van der Waals surface area contributed by atoms with E-state index in [0.29, 0.717) is 22.5 Å². The normalized spacial score (nSPS) is 19.4. The molecule has 2 N–H and O–H groups in total. The third-order valence-corrected chi connectivity index (χ3v) is 4.79. The maximum absolute atomic E-state index is 14.0. The van der Waals surface area contributed by atoms with Gasteiger partial charge in [0.15, 0.2) is 0 Å². The molecule has 0 spiro atoms. The molecular formula is C23H26FN3O4. The molecule has 1 aromatic carbocycles. The number of ether oxygens (including phenoxy) is 1. The van der Waals surface area contributed by atoms with Gasteiger partial charge in [-0.3, -0.25) is 14.6 Å². The Morgan fingerprint density at radius 1 is 1.19 bits per heavy atom. The average molecular weight is 427 g/mol. The number of nitrogens with one attached hydrogen (secondary N) is 2. The number of hydrogen-bond donors (Lipinski definition) is 2. The van der Waals surface area contributed by atoms with Gasteiger partial charge in [-0.2, -0.15) is 0 Å². The van der Waals surface area contributed by atoms with E-state index in [1.807, 2.05) is 0 Å². The van der Waals surface area contributed by atoms with Crippen LogP contribution in [0.25, 0.3) is 11.1 Å². The zero-order chi connectivity index (χ0) is 22.8. The molecule has 164 valence electrons. The van der Waals surface area contributed by atoms with E-state index in [4.69, 9.17) is 4.74 Å². The lowest BCUT2D eigenvalue weighted by Gasteiger charge is -2.24. The summed E-state index contributed by atoms with van der Waals surface area (Å²) in [6.45, 7) is 6.87. The molecule has 1 aliphatic rings. The quantitative estimate of drug-likeness (QED) is 0.703. The van der Waals surface area contributed by atoms with E-state index in [-0.39, 0.29) is 24.5 Å². The molecule has 8 heteroatoms. The summed E-state index contributed by atoms with van der Waals surface area (Å²) in [5.41, 5.74) is 1.23. The summed E-state index contributed by atoms with van der Waals surface area (Å²) in [6, 6.07) is 6.66. The van der Waals surface area contributed by atoms with Crippen molar-refractivity contribution in [3.8, 4) is 11.1 Å². The topological polar surface area (TPSA) is 97.4 Å². The predicted molar refractivity (Wildman–Crippen MR) is 114 cm³/mol. The fraction of sp³-hybridized carbons (Fsp3) is 0.391. The molecule has 31 heavy (non-hydrogen) atoms. The van der Waals surface area contributed by atoms with Gasteiger partial charge in [-0.1, -0.05) is 6.92 Å². The first kappa shape index (κ1) is 22.4. The number of amides is 2. The molecule has 0 aliphatic carbocycles. The SMILES string of the molecule is C[C@@H]1CC(=O)C[C@H](NC(=O)OC(C)(C)C)c2cc(ccn2)-c2cc(F)ccc2NC1=O. The minimum Gasteiger partial charge on any atom is -0.444 e. The maximum atomic E-state index is 14.0. The molecule has 2 heterocycles. The highest BCUT2D eigenvalue weighted by molar-refractivity contribution is 5.98. The molecule has 0 saturated carbocycles. The number of Topliss-reactive ketones (excluding diaryl/α,β-unsaturated/α-hetero) is 1. The van der Waals surface area contributed by atoms with Crippen molar-refractivity contribution < 1.29 is 23.5 Å². The molecule has 0 fully saturated rings. The molecular weight excluding hydrogens is 401 g/mol. The number of anilines is 1. The van der Waals surface area contributed by atoms with Crippen LogP contribution >= 0.6 is 0 Å². The lowest BCUT2D eigenvalue weighted by Crippen LogP contribution is -2.36. The molecule has 0 radical (unpaired) electrons. The van der Waals surface area contributed by atoms with Crippen LogP contribution in [0.2, 0.25) is 0 Å². The van der Waals surface area contributed by atoms with Gasteiger partial charge in [0.2, 0.25) is 5.91 Å². The van der Waals surface area contributed by atoms with Gasteiger partial charge in [0, 0.05) is 36.2 Å². The van der Waals surface area contributed by atoms with Crippen LogP contribution in [-0.4, -0.2) is 28.4 Å². The summed E-state index contributed by atoms with van der Waals surface area (Å²) in [5, 5.41) is 5.49. The first-order chi connectivity index (χ1) is 14.5. The van der Waals surface area contributed by atoms with Gasteiger partial charge in [-0.25, -0.2) is 9.18 Å². The van der Waals surface area contributed by atoms with Crippen molar-refractivity contribution in [3.63, 3.8) is 0 Å². The lowest BCUT2D eigenvalue weighted by atomic mass is 9.95. The number of ketones is 1. The minimum atomic E-state index is -0.756. The third kappa shape index (κ3) is 5.87. The smallest absolute Gasteiger partial charge is 0.408 e. The summed E-state index contributed by atoms with van der Waals surface area (Å²) < 4.78 is 19.3. The summed E-state index contributed by atoms with van der Waals surface area (Å²) in [6.07, 6.45) is 0.781. The number of carbonyl (C=O) groups is 3. The van der Waals surface area contributed by atoms with Gasteiger partial charge in [-0.15, -0.1) is 0 Å². The Morgan fingerprint density at radius 2 is 1.94 bits per heavy atom. The van der Waals surface area contributed by atoms with Crippen molar-refractivity contribution in [2.75, 3.05) is 5.32 Å². The van der Waals surface area contributed by atoms with Crippen molar-refractivity contribution in [2.24, 2.45) is 5.92 Å². The Bertz CT molecular complexity index is 1020. The number of alkyl carbamates (subject to hydrolysis) is 1. The van der Waals surface area contributed by atoms with Crippen molar-refractivity contribution >= 4 is 23.5 Å². The number of aromatic nitrogens is 1. The molecule has 0 unspecified atom stereocenters. The van der Waals surface area contributed by atoms with E-state index in [2.05, 4.69) is 15.6 Å². The highest BCUT2D eigenvalue weighted by Crippen LogP contribution is 2.32. The van der Waals surface area contributed by atoms with Gasteiger partial charge >= 0.3 is 6.09 Å². The van der Waals surface area contributed by atoms with Crippen molar-refractivity contribution in [3.05, 3.63) is 48.0 Å². The first-order valence-electron chi connectivity index (χ1n) is 10.1. The van der Waals surface area contributed by atoms with Crippen LogP contribution in [0.1, 0.15) is 52.3 Å². The van der Waals surface area contributed by atoms with Gasteiger partial charge < -0.3 is 15.4 Å². The Labute approximate surface area is 180 Å². The number of nitrogens with zero attached hydrogens (tertiary/aromatic N) is 1. The molecule has 2 aromatic rings. The summed E-state index contributed by atoms with van der Waals surface area (Å²) in [4.78, 5) is 42.0. The molecule has 2 atom stereocenters. The number of carbonyl (C=O) groups excluding carboxylic acids is 3. The highest BCUT2D eigenvalue weighted by Gasteiger charge is 2.27. The van der Waals surface area contributed by atoms with E-state index in [1.165, 1.54) is 24.4 Å². The van der Waals surface area contributed by atoms with Gasteiger partial charge in [-0.05, 0) is 56.7 Å². The van der Waals surface area contributed by atoms with Crippen LogP contribution in [0.4, 0.5) is 14.9 Å². The second-order valence-electron chi connectivity index (χ2n) is 8.70. The zero-order valence-corrected chi connectivity index (χ0v) is 18.0. The second kappa shape index (κ2) is 8.83. The Morgan fingerprint density at radius 3 is 2.65 bits per heavy atom. The van der Waals surface area contributed by atoms with E-state index in [1.54, 1.807) is 39.8 Å². The Kier molecular flexibility index (Phi) is 6.38. The second-order valence-corrected chi connectivity index (χ2v) is 8.70. The number of benzene rings is 1. The van der Waals surface area contributed by atoms with Crippen LogP contribution in [0, 0.1) is 11.7 Å². The van der Waals surface area contributed by atoms with Gasteiger partial charge in [0.25, 0.3) is 0 Å². The largest absolute Gasteiger partial charge is 0.444 e. The van der Waals surface area contributed by atoms with Crippen LogP contribution in [0.15, 0.2) is 36.5 Å². The molecule has 1 aliphatic heterocycles. The maximum Gasteiger partial charge on any atom is 0.408 e. The van der Waals surface area contributed by atoms with Gasteiger partial charge in [0.1, 0.15) is 17.2 Å². The number of fused-ring (bicyclic) bond motifs is 4.